The van der Waals surface area contributed by atoms with Crippen LogP contribution in [-0.4, -0.2) is 119 Å². The molecule has 0 radical (unpaired) electrons. The van der Waals surface area contributed by atoms with E-state index in [9.17, 15) is 58.8 Å². The van der Waals surface area contributed by atoms with Crippen molar-refractivity contribution < 1.29 is 118 Å². The molecule has 69 heavy (non-hydrogen) atoms. The third-order valence-corrected chi connectivity index (χ3v) is 7.32. The molecular weight excluding hydrogens is 944 g/mol. The topological polar surface area (TPSA) is 303 Å². The Morgan fingerprint density at radius 1 is 0.290 bits per heavy atom. The van der Waals surface area contributed by atoms with E-state index in [-0.39, 0.29) is 96.2 Å². The van der Waals surface area contributed by atoms with Gasteiger partial charge in [0.2, 0.25) is 0 Å². The van der Waals surface area contributed by atoms with Crippen LogP contribution in [0.4, 0.5) is 0 Å². The van der Waals surface area contributed by atoms with Crippen LogP contribution in [0.3, 0.4) is 0 Å². The normalized spacial score (nSPS) is 12.0. The zero-order valence-corrected chi connectivity index (χ0v) is 46.5. The summed E-state index contributed by atoms with van der Waals surface area (Å²) in [4.78, 5) is 87.1. The molecule has 21 heteroatoms. The number of carbonyl (C=O) groups excluding carboxylic acids is 8. The number of Topliss-reactive ketones (excluding diaryl/α,β-unsaturated/α-hetero) is 4. The van der Waals surface area contributed by atoms with Crippen LogP contribution in [0, 0.1) is 0 Å². The average molecular weight is 1030 g/mol. The van der Waals surface area contributed by atoms with Gasteiger partial charge in [0.05, 0.1) is 74.5 Å². The number of hydrogen-bond donors (Lipinski definition) is 0. The monoisotopic (exact) mass is 1030 g/mol. The van der Waals surface area contributed by atoms with Crippen molar-refractivity contribution in [2.45, 2.75) is 262 Å². The van der Waals surface area contributed by atoms with Crippen molar-refractivity contribution in [3.63, 3.8) is 0 Å². The maximum Gasteiger partial charge on any atom is 4.00 e. The number of ketones is 4. The van der Waals surface area contributed by atoms with Crippen molar-refractivity contribution in [3.8, 4) is 0 Å². The summed E-state index contributed by atoms with van der Waals surface area (Å²) in [5.41, 5.74) is 0. The summed E-state index contributed by atoms with van der Waals surface area (Å²) in [6, 6.07) is 0. The van der Waals surface area contributed by atoms with Crippen LogP contribution in [0.5, 0.6) is 0 Å². The average Bonchev–Trinajstić information content (AvgIpc) is 2.99. The van der Waals surface area contributed by atoms with Crippen LogP contribution in [0.2, 0.25) is 0 Å². The Labute approximate surface area is 425 Å². The van der Waals surface area contributed by atoms with Gasteiger partial charge in [-0.1, -0.05) is 0 Å². The Hall–Kier alpha value is -3.05. The van der Waals surface area contributed by atoms with E-state index < -0.39 is 95.8 Å². The Morgan fingerprint density at radius 2 is 0.391 bits per heavy atom. The van der Waals surface area contributed by atoms with Crippen molar-refractivity contribution in [1.82, 2.24) is 0 Å². The van der Waals surface area contributed by atoms with Crippen LogP contribution in [-0.2, 0) is 98.0 Å². The zero-order valence-electron chi connectivity index (χ0n) is 44.9. The third-order valence-electron chi connectivity index (χ3n) is 7.32. The Bertz CT molecular complexity index is 1270. The van der Waals surface area contributed by atoms with Crippen molar-refractivity contribution in [2.24, 2.45) is 0 Å². The minimum atomic E-state index is -1.38. The molecule has 0 fully saturated rings. The summed E-state index contributed by atoms with van der Waals surface area (Å²) in [6.07, 6.45) is -3.78. The molecule has 0 aliphatic rings. The minimum absolute atomic E-state index is 0. The maximum atomic E-state index is 11.5. The second-order valence-electron chi connectivity index (χ2n) is 18.9. The Morgan fingerprint density at radius 3 is 0.464 bits per heavy atom. The van der Waals surface area contributed by atoms with Gasteiger partial charge < -0.3 is 77.5 Å². The predicted octanol–water partition coefficient (Wildman–Crippen LogP) is 2.60. The summed E-state index contributed by atoms with van der Waals surface area (Å²) >= 11 is 0. The molecule has 20 nitrogen and oxygen atoms in total. The van der Waals surface area contributed by atoms with Crippen molar-refractivity contribution in [3.05, 3.63) is 0 Å². The van der Waals surface area contributed by atoms with Gasteiger partial charge in [-0.25, -0.2) is 0 Å². The fourth-order valence-electron chi connectivity index (χ4n) is 6.76. The van der Waals surface area contributed by atoms with Gasteiger partial charge >= 0.3 is 21.7 Å². The fraction of sp³-hybridized carbons (Fsp3) is 0.833. The molecule has 0 saturated carbocycles. The second-order valence-corrected chi connectivity index (χ2v) is 18.9. The van der Waals surface area contributed by atoms with E-state index in [2.05, 4.69) is 0 Å². The van der Waals surface area contributed by atoms with Gasteiger partial charge in [-0.2, -0.15) is 0 Å². The fourth-order valence-corrected chi connectivity index (χ4v) is 6.76. The third kappa shape index (κ3) is 48.4. The first kappa shape index (κ1) is 74.9. The molecule has 0 aromatic heterocycles. The second kappa shape index (κ2) is 36.8. The van der Waals surface area contributed by atoms with Gasteiger partial charge in [0, 0.05) is 49.6 Å². The number of ether oxygens (including phenoxy) is 8. The summed E-state index contributed by atoms with van der Waals surface area (Å²) in [7, 11) is 0. The van der Waals surface area contributed by atoms with Gasteiger partial charge in [0.25, 0.3) is 0 Å². The molecule has 0 heterocycles. The van der Waals surface area contributed by atoms with Crippen molar-refractivity contribution in [2.75, 3.05) is 0 Å². The Balaban J connectivity index is -0.000000263. The first-order valence-electron chi connectivity index (χ1n) is 22.9. The molecular formula is C48H84O20Ti. The quantitative estimate of drug-likeness (QED) is 0.0531. The van der Waals surface area contributed by atoms with Gasteiger partial charge in [0.1, 0.15) is 23.1 Å². The van der Waals surface area contributed by atoms with E-state index in [0.29, 0.717) is 0 Å². The molecule has 0 aromatic carbocycles. The van der Waals surface area contributed by atoms with Crippen LogP contribution >= 0.6 is 0 Å². The van der Waals surface area contributed by atoms with E-state index in [1.54, 1.807) is 27.7 Å². The van der Waals surface area contributed by atoms with Crippen molar-refractivity contribution >= 4 is 47.0 Å². The molecule has 400 valence electrons. The van der Waals surface area contributed by atoms with Crippen molar-refractivity contribution in [1.29, 1.82) is 0 Å². The number of aliphatic carboxylic acids is 4. The SMILES string of the molecule is CC(C)OC(C)(CC(=O)CC(=O)[O-])OC(C)C.CC(C)OC(C)(CC(=O)CC(=O)[O-])OC(C)C.CC(C)OC(C)(CC(=O)CC(=O)[O-])OC(C)C.CC(C)OC(C)(CC(=O)CC(=O)[O-])OC(C)C.[Ti+4]. The summed E-state index contributed by atoms with van der Waals surface area (Å²) in [5.74, 6) is -11.7. The summed E-state index contributed by atoms with van der Waals surface area (Å²) < 4.78 is 44.4. The molecule has 0 spiro atoms. The first-order valence-corrected chi connectivity index (χ1v) is 22.9. The van der Waals surface area contributed by atoms with Gasteiger partial charge in [-0.15, -0.1) is 0 Å². The molecule has 0 unspecified atom stereocenters. The van der Waals surface area contributed by atoms with E-state index in [4.69, 9.17) is 37.9 Å². The van der Waals surface area contributed by atoms with Gasteiger partial charge in [-0.05, 0) is 138 Å². The summed E-state index contributed by atoms with van der Waals surface area (Å²) in [5, 5.41) is 41.3. The minimum Gasteiger partial charge on any atom is -0.550 e. The van der Waals surface area contributed by atoms with Crippen LogP contribution in [0.15, 0.2) is 0 Å². The number of hydrogen-bond acceptors (Lipinski definition) is 20. The largest absolute Gasteiger partial charge is 4.00 e. The van der Waals surface area contributed by atoms with Gasteiger partial charge in [0.15, 0.2) is 23.1 Å². The molecule has 0 rings (SSSR count). The standard InChI is InChI=1S/4C12H22O5.Ti/c4*1-8(2)16-12(5,17-9(3)4)7-10(13)6-11(14)15;/h4*8-9H,6-7H2,1-5H3,(H,14,15);/q;;;;+4/p-4. The number of carboxylic acids is 4. The van der Waals surface area contributed by atoms with Crippen LogP contribution < -0.4 is 20.4 Å². The smallest absolute Gasteiger partial charge is 0.550 e. The van der Waals surface area contributed by atoms with E-state index >= 15 is 0 Å². The number of carboxylic acid groups (broad SMARTS) is 4. The predicted molar refractivity (Wildman–Crippen MR) is 240 cm³/mol. The molecule has 0 saturated heterocycles. The molecule has 0 N–H and O–H groups in total. The number of carbonyl (C=O) groups is 8. The molecule has 0 bridgehead atoms. The maximum absolute atomic E-state index is 11.5. The van der Waals surface area contributed by atoms with E-state index in [1.807, 2.05) is 111 Å². The Kier molecular flexibility index (Phi) is 40.0. The zero-order chi connectivity index (χ0) is 54.6. The molecule has 0 atom stereocenters. The van der Waals surface area contributed by atoms with E-state index in [1.165, 1.54) is 0 Å². The molecule has 0 aromatic rings. The summed E-state index contributed by atoms with van der Waals surface area (Å²) in [6.45, 7) is 35.7. The molecule has 0 amide bonds. The molecule has 0 aliphatic heterocycles. The van der Waals surface area contributed by atoms with Crippen LogP contribution in [0.25, 0.3) is 0 Å². The number of rotatable bonds is 32. The first-order chi connectivity index (χ1) is 30.6. The van der Waals surface area contributed by atoms with E-state index in [0.717, 1.165) is 0 Å². The van der Waals surface area contributed by atoms with Gasteiger partial charge in [-0.3, -0.25) is 19.2 Å². The molecule has 0 aliphatic carbocycles. The van der Waals surface area contributed by atoms with Crippen LogP contribution in [0.1, 0.15) is 190 Å².